The molecule has 4 rings (SSSR count). The number of carbonyl (C=O) groups excluding carboxylic acids is 1. The van der Waals surface area contributed by atoms with Gasteiger partial charge in [-0.2, -0.15) is 0 Å². The highest BCUT2D eigenvalue weighted by molar-refractivity contribution is 7.16. The Kier molecular flexibility index (Phi) is 5.06. The summed E-state index contributed by atoms with van der Waals surface area (Å²) in [4.78, 5) is 13.5. The van der Waals surface area contributed by atoms with Crippen LogP contribution in [0.2, 0.25) is 4.34 Å². The molecular weight excluding hydrogens is 370 g/mol. The topological polar surface area (TPSA) is 47.6 Å². The number of hydrogen-bond donors (Lipinski definition) is 1. The fourth-order valence-corrected chi connectivity index (χ4v) is 5.59. The molecule has 3 unspecified atom stereocenters. The summed E-state index contributed by atoms with van der Waals surface area (Å²) >= 11 is 7.90. The quantitative estimate of drug-likeness (QED) is 0.798. The lowest BCUT2D eigenvalue weighted by atomic mass is 9.80. The van der Waals surface area contributed by atoms with Crippen molar-refractivity contribution >= 4 is 28.9 Å². The maximum absolute atomic E-state index is 12.2. The zero-order valence-electron chi connectivity index (χ0n) is 14.7. The Balaban J connectivity index is 1.48. The number of halogens is 1. The van der Waals surface area contributed by atoms with Gasteiger partial charge in [0.25, 0.3) is 0 Å². The summed E-state index contributed by atoms with van der Waals surface area (Å²) in [7, 11) is 0. The molecule has 2 aliphatic heterocycles. The molecule has 1 N–H and O–H groups in total. The lowest BCUT2D eigenvalue weighted by Crippen LogP contribution is -2.54. The Morgan fingerprint density at radius 2 is 2.19 bits per heavy atom. The molecule has 0 amide bonds. The van der Waals surface area contributed by atoms with E-state index >= 15 is 0 Å². The zero-order chi connectivity index (χ0) is 18.1. The third-order valence-corrected chi connectivity index (χ3v) is 6.59. The number of carbonyl (C=O) groups is 1. The predicted molar refractivity (Wildman–Crippen MR) is 103 cm³/mol. The van der Waals surface area contributed by atoms with Crippen molar-refractivity contribution in [3.8, 4) is 0 Å². The molecule has 1 saturated heterocycles. The second kappa shape index (κ2) is 7.31. The normalized spacial score (nSPS) is 27.9. The van der Waals surface area contributed by atoms with Gasteiger partial charge < -0.3 is 14.8 Å². The van der Waals surface area contributed by atoms with Crippen LogP contribution >= 0.6 is 22.9 Å². The van der Waals surface area contributed by atoms with Crippen LogP contribution in [-0.2, 0) is 21.5 Å². The van der Waals surface area contributed by atoms with Crippen LogP contribution in [0, 0.1) is 0 Å². The highest BCUT2D eigenvalue weighted by atomic mass is 35.5. The summed E-state index contributed by atoms with van der Waals surface area (Å²) in [5.41, 5.74) is 1.56. The Labute approximate surface area is 162 Å². The summed E-state index contributed by atoms with van der Waals surface area (Å²) in [5, 5.41) is 3.55. The van der Waals surface area contributed by atoms with Gasteiger partial charge in [-0.05, 0) is 43.5 Å². The lowest BCUT2D eigenvalue weighted by molar-refractivity contribution is -0.0993. The average molecular weight is 392 g/mol. The van der Waals surface area contributed by atoms with E-state index < -0.39 is 0 Å². The summed E-state index contributed by atoms with van der Waals surface area (Å²) < 4.78 is 12.7. The highest BCUT2D eigenvalue weighted by Crippen LogP contribution is 2.47. The van der Waals surface area contributed by atoms with Crippen molar-refractivity contribution in [2.75, 3.05) is 13.2 Å². The largest absolute Gasteiger partial charge is 0.460 e. The minimum absolute atomic E-state index is 0.0539. The maximum atomic E-state index is 12.2. The zero-order valence-corrected chi connectivity index (χ0v) is 16.2. The molecule has 3 heterocycles. The van der Waals surface area contributed by atoms with Gasteiger partial charge >= 0.3 is 5.97 Å². The summed E-state index contributed by atoms with van der Waals surface area (Å²) in [6, 6.07) is 11.5. The molecule has 1 aromatic carbocycles. The molecule has 26 heavy (non-hydrogen) atoms. The molecule has 6 heteroatoms. The second-order valence-corrected chi connectivity index (χ2v) is 8.82. The number of esters is 1. The highest BCUT2D eigenvalue weighted by Gasteiger charge is 2.45. The smallest absolute Gasteiger partial charge is 0.338 e. The van der Waals surface area contributed by atoms with Crippen molar-refractivity contribution in [3.63, 3.8) is 0 Å². The van der Waals surface area contributed by atoms with Crippen molar-refractivity contribution in [2.24, 2.45) is 0 Å². The molecular formula is C20H22ClNO3S. The second-order valence-electron chi connectivity index (χ2n) is 7.13. The van der Waals surface area contributed by atoms with Gasteiger partial charge in [0.1, 0.15) is 12.2 Å². The maximum Gasteiger partial charge on any atom is 0.338 e. The van der Waals surface area contributed by atoms with Gasteiger partial charge in [-0.15, -0.1) is 11.3 Å². The molecule has 0 aliphatic carbocycles. The molecule has 4 nitrogen and oxygen atoms in total. The van der Waals surface area contributed by atoms with E-state index in [0.717, 1.165) is 23.6 Å². The van der Waals surface area contributed by atoms with Crippen LogP contribution < -0.4 is 5.32 Å². The summed E-state index contributed by atoms with van der Waals surface area (Å²) in [6.07, 6.45) is 2.60. The number of nitrogens with one attached hydrogen (secondary N) is 1. The van der Waals surface area contributed by atoms with Gasteiger partial charge in [-0.1, -0.05) is 29.8 Å². The third kappa shape index (κ3) is 3.54. The van der Waals surface area contributed by atoms with Crippen LogP contribution in [0.4, 0.5) is 0 Å². The van der Waals surface area contributed by atoms with E-state index in [1.807, 2.05) is 18.2 Å². The molecule has 2 aliphatic rings. The first-order valence-electron chi connectivity index (χ1n) is 8.97. The first-order chi connectivity index (χ1) is 12.6. The van der Waals surface area contributed by atoms with Crippen molar-refractivity contribution in [3.05, 3.63) is 56.7 Å². The number of fused-ring (bicyclic) bond motifs is 2. The Morgan fingerprint density at radius 3 is 3.00 bits per heavy atom. The molecule has 1 fully saturated rings. The van der Waals surface area contributed by atoms with E-state index in [2.05, 4.69) is 18.3 Å². The minimum atomic E-state index is -0.320. The third-order valence-electron chi connectivity index (χ3n) is 5.10. The van der Waals surface area contributed by atoms with E-state index in [1.165, 1.54) is 10.4 Å². The summed E-state index contributed by atoms with van der Waals surface area (Å²) in [5.74, 6) is -0.288. The Hall–Kier alpha value is -1.40. The molecule has 138 valence electrons. The number of rotatable bonds is 3. The molecule has 3 atom stereocenters. The summed E-state index contributed by atoms with van der Waals surface area (Å²) in [6.45, 7) is 3.20. The van der Waals surface area contributed by atoms with E-state index in [0.29, 0.717) is 18.8 Å². The van der Waals surface area contributed by atoms with Crippen LogP contribution in [-0.4, -0.2) is 31.3 Å². The SMILES string of the molecule is CC1CC2(CC(COC(=O)c3ccccc3)N1)OCCc1cc(Cl)sc12. The lowest BCUT2D eigenvalue weighted by Gasteiger charge is -2.45. The van der Waals surface area contributed by atoms with Crippen LogP contribution in [0.15, 0.2) is 36.4 Å². The standard InChI is InChI=1S/C20H22ClNO3S/c1-13-10-20(18-15(7-8-25-20)9-17(21)26-18)11-16(22-13)12-24-19(23)14-5-3-2-4-6-14/h2-6,9,13,16,22H,7-8,10-12H2,1H3. The Morgan fingerprint density at radius 1 is 1.38 bits per heavy atom. The minimum Gasteiger partial charge on any atom is -0.460 e. The van der Waals surface area contributed by atoms with Crippen LogP contribution in [0.25, 0.3) is 0 Å². The molecule has 0 radical (unpaired) electrons. The van der Waals surface area contributed by atoms with E-state index in [4.69, 9.17) is 21.1 Å². The first kappa shape index (κ1) is 18.0. The van der Waals surface area contributed by atoms with Crippen LogP contribution in [0.5, 0.6) is 0 Å². The van der Waals surface area contributed by atoms with Gasteiger partial charge in [0.15, 0.2) is 0 Å². The van der Waals surface area contributed by atoms with Crippen molar-refractivity contribution in [2.45, 2.75) is 43.9 Å². The van der Waals surface area contributed by atoms with Crippen molar-refractivity contribution < 1.29 is 14.3 Å². The number of ether oxygens (including phenoxy) is 2. The first-order valence-corrected chi connectivity index (χ1v) is 10.2. The van der Waals surface area contributed by atoms with Crippen LogP contribution in [0.3, 0.4) is 0 Å². The van der Waals surface area contributed by atoms with E-state index in [9.17, 15) is 4.79 Å². The van der Waals surface area contributed by atoms with Gasteiger partial charge in [-0.25, -0.2) is 4.79 Å². The van der Waals surface area contributed by atoms with Gasteiger partial charge in [0.05, 0.1) is 16.5 Å². The van der Waals surface area contributed by atoms with Crippen LogP contribution in [0.1, 0.15) is 40.6 Å². The average Bonchev–Trinajstić information content (AvgIpc) is 3.02. The fraction of sp³-hybridized carbons (Fsp3) is 0.450. The van der Waals surface area contributed by atoms with Gasteiger partial charge in [0, 0.05) is 23.4 Å². The monoisotopic (exact) mass is 391 g/mol. The predicted octanol–water partition coefficient (Wildman–Crippen LogP) is 4.17. The van der Waals surface area contributed by atoms with E-state index in [-0.39, 0.29) is 23.7 Å². The molecule has 1 spiro atoms. The molecule has 2 aromatic rings. The van der Waals surface area contributed by atoms with Crippen molar-refractivity contribution in [1.82, 2.24) is 5.32 Å². The van der Waals surface area contributed by atoms with Crippen molar-refractivity contribution in [1.29, 1.82) is 0 Å². The van der Waals surface area contributed by atoms with Gasteiger partial charge in [-0.3, -0.25) is 0 Å². The van der Waals surface area contributed by atoms with Gasteiger partial charge in [0.2, 0.25) is 0 Å². The number of hydrogen-bond acceptors (Lipinski definition) is 5. The molecule has 0 bridgehead atoms. The Bertz CT molecular complexity index is 794. The number of benzene rings is 1. The number of thiophene rings is 1. The fourth-order valence-electron chi connectivity index (χ4n) is 4.13. The van der Waals surface area contributed by atoms with E-state index in [1.54, 1.807) is 23.5 Å². The molecule has 0 saturated carbocycles. The number of piperidine rings is 1. The molecule has 1 aromatic heterocycles.